The molecule has 2 rings (SSSR count). The van der Waals surface area contributed by atoms with Gasteiger partial charge in [0.25, 0.3) is 5.91 Å². The summed E-state index contributed by atoms with van der Waals surface area (Å²) < 4.78 is 10.1. The predicted octanol–water partition coefficient (Wildman–Crippen LogP) is 4.04. The van der Waals surface area contributed by atoms with E-state index in [2.05, 4.69) is 5.32 Å². The number of hydrogen-bond donors (Lipinski definition) is 1. The van der Waals surface area contributed by atoms with Crippen LogP contribution in [0.2, 0.25) is 10.0 Å². The van der Waals surface area contributed by atoms with Crippen molar-refractivity contribution in [2.24, 2.45) is 0 Å². The molecule has 0 fully saturated rings. The van der Waals surface area contributed by atoms with Gasteiger partial charge in [0, 0.05) is 10.0 Å². The number of halogens is 2. The molecule has 1 atom stereocenters. The monoisotopic (exact) mass is 381 g/mol. The molecule has 0 unspecified atom stereocenters. The lowest BCUT2D eigenvalue weighted by molar-refractivity contribution is -0.124. The highest BCUT2D eigenvalue weighted by atomic mass is 35.5. The van der Waals surface area contributed by atoms with Crippen molar-refractivity contribution in [2.45, 2.75) is 13.0 Å². The van der Waals surface area contributed by atoms with E-state index >= 15 is 0 Å². The van der Waals surface area contributed by atoms with Crippen molar-refractivity contribution in [3.05, 3.63) is 63.6 Å². The fourth-order valence-electron chi connectivity index (χ4n) is 2.24. The predicted molar refractivity (Wildman–Crippen MR) is 96.3 cm³/mol. The summed E-state index contributed by atoms with van der Waals surface area (Å²) in [7, 11) is 1.43. The van der Waals surface area contributed by atoms with Crippen molar-refractivity contribution in [1.29, 1.82) is 0 Å². The van der Waals surface area contributed by atoms with E-state index in [1.165, 1.54) is 13.2 Å². The summed E-state index contributed by atoms with van der Waals surface area (Å²) in [5.74, 6) is -0.819. The molecular weight excluding hydrogens is 365 g/mol. The second-order valence-corrected chi connectivity index (χ2v) is 6.08. The molecule has 0 heterocycles. The smallest absolute Gasteiger partial charge is 0.342 e. The summed E-state index contributed by atoms with van der Waals surface area (Å²) in [4.78, 5) is 24.1. The van der Waals surface area contributed by atoms with Crippen LogP contribution >= 0.6 is 23.2 Å². The summed E-state index contributed by atoms with van der Waals surface area (Å²) in [6, 6.07) is 11.4. The number of carbonyl (C=O) groups is 2. The summed E-state index contributed by atoms with van der Waals surface area (Å²) in [5.41, 5.74) is 0.933. The molecular formula is C18H17Cl2NO4. The first-order valence-electron chi connectivity index (χ1n) is 7.47. The van der Waals surface area contributed by atoms with Crippen molar-refractivity contribution in [3.8, 4) is 5.75 Å². The van der Waals surface area contributed by atoms with Gasteiger partial charge in [-0.15, -0.1) is 0 Å². The highest BCUT2D eigenvalue weighted by molar-refractivity contribution is 6.31. The number of esters is 1. The summed E-state index contributed by atoms with van der Waals surface area (Å²) in [6.07, 6.45) is 0. The number of ether oxygens (including phenoxy) is 2. The maximum Gasteiger partial charge on any atom is 0.342 e. The van der Waals surface area contributed by atoms with Gasteiger partial charge in [-0.3, -0.25) is 4.79 Å². The van der Waals surface area contributed by atoms with Crippen LogP contribution in [0.4, 0.5) is 0 Å². The Morgan fingerprint density at radius 2 is 1.88 bits per heavy atom. The van der Waals surface area contributed by atoms with E-state index in [4.69, 9.17) is 32.7 Å². The molecule has 0 saturated heterocycles. The first-order valence-corrected chi connectivity index (χ1v) is 8.22. The zero-order chi connectivity index (χ0) is 18.4. The maximum absolute atomic E-state index is 12.1. The Balaban J connectivity index is 1.95. The van der Waals surface area contributed by atoms with Crippen LogP contribution in [0.15, 0.2) is 42.5 Å². The number of rotatable bonds is 6. The van der Waals surface area contributed by atoms with Crippen LogP contribution in [-0.2, 0) is 9.53 Å². The maximum atomic E-state index is 12.1. The Bertz CT molecular complexity index is 779. The molecule has 5 nitrogen and oxygen atoms in total. The van der Waals surface area contributed by atoms with Crippen molar-refractivity contribution in [2.75, 3.05) is 13.7 Å². The largest absolute Gasteiger partial charge is 0.496 e. The van der Waals surface area contributed by atoms with Gasteiger partial charge in [-0.05, 0) is 36.8 Å². The molecule has 0 saturated carbocycles. The minimum Gasteiger partial charge on any atom is -0.496 e. The highest BCUT2D eigenvalue weighted by Crippen LogP contribution is 2.24. The molecule has 1 N–H and O–H groups in total. The van der Waals surface area contributed by atoms with Gasteiger partial charge in [0.05, 0.1) is 13.2 Å². The van der Waals surface area contributed by atoms with Gasteiger partial charge in [0.2, 0.25) is 0 Å². The summed E-state index contributed by atoms with van der Waals surface area (Å²) in [5, 5.41) is 3.64. The molecule has 0 bridgehead atoms. The van der Waals surface area contributed by atoms with Crippen molar-refractivity contribution >= 4 is 35.1 Å². The zero-order valence-electron chi connectivity index (χ0n) is 13.7. The van der Waals surface area contributed by atoms with Crippen LogP contribution in [0.3, 0.4) is 0 Å². The van der Waals surface area contributed by atoms with Crippen LogP contribution < -0.4 is 10.1 Å². The first kappa shape index (κ1) is 19.1. The Hall–Kier alpha value is -2.24. The van der Waals surface area contributed by atoms with E-state index in [0.29, 0.717) is 15.8 Å². The molecule has 2 aromatic carbocycles. The summed E-state index contributed by atoms with van der Waals surface area (Å²) >= 11 is 12.0. The van der Waals surface area contributed by atoms with Crippen molar-refractivity contribution in [1.82, 2.24) is 5.32 Å². The van der Waals surface area contributed by atoms with E-state index in [0.717, 1.165) is 5.56 Å². The third-order valence-corrected chi connectivity index (χ3v) is 4.04. The second kappa shape index (κ2) is 8.74. The molecule has 2 aromatic rings. The number of methoxy groups -OCH3 is 1. The van der Waals surface area contributed by atoms with E-state index in [1.54, 1.807) is 31.2 Å². The molecule has 1 amide bonds. The van der Waals surface area contributed by atoms with E-state index < -0.39 is 18.5 Å². The van der Waals surface area contributed by atoms with Crippen molar-refractivity contribution in [3.63, 3.8) is 0 Å². The van der Waals surface area contributed by atoms with Crippen LogP contribution in [-0.4, -0.2) is 25.6 Å². The topological polar surface area (TPSA) is 64.6 Å². The molecule has 0 aromatic heterocycles. The summed E-state index contributed by atoms with van der Waals surface area (Å²) in [6.45, 7) is 1.37. The number of nitrogens with one attached hydrogen (secondary N) is 1. The molecule has 7 heteroatoms. The van der Waals surface area contributed by atoms with Gasteiger partial charge in [0.15, 0.2) is 6.61 Å². The number of carbonyl (C=O) groups excluding carboxylic acids is 2. The third kappa shape index (κ3) is 5.11. The van der Waals surface area contributed by atoms with Gasteiger partial charge in [-0.2, -0.15) is 0 Å². The Kier molecular flexibility index (Phi) is 6.67. The van der Waals surface area contributed by atoms with Crippen LogP contribution in [0.5, 0.6) is 5.75 Å². The normalized spacial score (nSPS) is 11.5. The fraction of sp³-hybridized carbons (Fsp3) is 0.222. The Morgan fingerprint density at radius 1 is 1.16 bits per heavy atom. The van der Waals surface area contributed by atoms with Gasteiger partial charge < -0.3 is 14.8 Å². The number of hydrogen-bond acceptors (Lipinski definition) is 4. The van der Waals surface area contributed by atoms with Gasteiger partial charge in [-0.25, -0.2) is 4.79 Å². The van der Waals surface area contributed by atoms with E-state index in [1.807, 2.05) is 12.1 Å². The molecule has 0 aliphatic carbocycles. The molecule has 0 radical (unpaired) electrons. The number of benzene rings is 2. The Labute approximate surface area is 155 Å². The third-order valence-electron chi connectivity index (χ3n) is 3.47. The first-order chi connectivity index (χ1) is 11.9. The lowest BCUT2D eigenvalue weighted by Crippen LogP contribution is -2.31. The number of amides is 1. The fourth-order valence-corrected chi connectivity index (χ4v) is 2.71. The van der Waals surface area contributed by atoms with E-state index in [9.17, 15) is 9.59 Å². The van der Waals surface area contributed by atoms with Crippen LogP contribution in [0, 0.1) is 0 Å². The van der Waals surface area contributed by atoms with Gasteiger partial charge in [0.1, 0.15) is 11.3 Å². The lowest BCUT2D eigenvalue weighted by atomic mass is 10.1. The van der Waals surface area contributed by atoms with Gasteiger partial charge in [-0.1, -0.05) is 41.4 Å². The average Bonchev–Trinajstić information content (AvgIpc) is 2.59. The molecule has 0 spiro atoms. The van der Waals surface area contributed by atoms with Crippen molar-refractivity contribution < 1.29 is 19.1 Å². The Morgan fingerprint density at radius 3 is 2.56 bits per heavy atom. The van der Waals surface area contributed by atoms with Gasteiger partial charge >= 0.3 is 5.97 Å². The minimum atomic E-state index is -0.695. The van der Waals surface area contributed by atoms with Crippen LogP contribution in [0.25, 0.3) is 0 Å². The lowest BCUT2D eigenvalue weighted by Gasteiger charge is -2.16. The SMILES string of the molecule is COc1ccc(Cl)cc1C(=O)OCC(=O)N[C@@H](C)c1ccccc1Cl. The average molecular weight is 382 g/mol. The molecule has 0 aliphatic heterocycles. The second-order valence-electron chi connectivity index (χ2n) is 5.23. The highest BCUT2D eigenvalue weighted by Gasteiger charge is 2.17. The van der Waals surface area contributed by atoms with Crippen LogP contribution in [0.1, 0.15) is 28.9 Å². The standard InChI is InChI=1S/C18H17Cl2NO4/c1-11(13-5-3-4-6-15(13)20)21-17(22)10-25-18(23)14-9-12(19)7-8-16(14)24-2/h3-9,11H,10H2,1-2H3,(H,21,22)/t11-/m0/s1. The molecule has 0 aliphatic rings. The van der Waals surface area contributed by atoms with E-state index in [-0.39, 0.29) is 11.6 Å². The quantitative estimate of drug-likeness (QED) is 0.766. The molecule has 132 valence electrons. The zero-order valence-corrected chi connectivity index (χ0v) is 15.2. The minimum absolute atomic E-state index is 0.155. The molecule has 25 heavy (non-hydrogen) atoms.